The molecule has 2 amide bonds. The fourth-order valence-corrected chi connectivity index (χ4v) is 7.45. The van der Waals surface area contributed by atoms with Gasteiger partial charge < -0.3 is 25.8 Å². The first-order valence-corrected chi connectivity index (χ1v) is 15.9. The minimum absolute atomic E-state index is 0.104. The van der Waals surface area contributed by atoms with E-state index in [2.05, 4.69) is 38.9 Å². The van der Waals surface area contributed by atoms with Crippen LogP contribution in [-0.4, -0.2) is 63.4 Å². The molecular weight excluding hydrogens is 586 g/mol. The molecule has 3 atom stereocenters. The molecule has 2 aromatic carbocycles. The molecule has 0 radical (unpaired) electrons. The highest BCUT2D eigenvalue weighted by Gasteiger charge is 2.49. The van der Waals surface area contributed by atoms with Gasteiger partial charge in [-0.05, 0) is 83.0 Å². The summed E-state index contributed by atoms with van der Waals surface area (Å²) in [5.74, 6) is 0.697. The quantitative estimate of drug-likeness (QED) is 0.155. The van der Waals surface area contributed by atoms with Gasteiger partial charge in [0.05, 0.1) is 16.9 Å². The van der Waals surface area contributed by atoms with E-state index in [-0.39, 0.29) is 22.9 Å². The summed E-state index contributed by atoms with van der Waals surface area (Å²) in [5.41, 5.74) is 3.18. The second-order valence-corrected chi connectivity index (χ2v) is 13.5. The summed E-state index contributed by atoms with van der Waals surface area (Å²) in [4.78, 5) is 40.5. The van der Waals surface area contributed by atoms with E-state index in [4.69, 9.17) is 16.6 Å². The molecule has 3 unspecified atom stereocenters. The van der Waals surface area contributed by atoms with Crippen LogP contribution in [-0.2, 0) is 4.79 Å². The predicted octanol–water partition coefficient (Wildman–Crippen LogP) is 6.66. The number of aromatic nitrogens is 3. The number of carbonyl (C=O) groups is 2. The van der Waals surface area contributed by atoms with Crippen LogP contribution in [0.25, 0.3) is 22.2 Å². The van der Waals surface area contributed by atoms with Gasteiger partial charge in [0, 0.05) is 57.6 Å². The number of hydrogen-bond donors (Lipinski definition) is 4. The number of carbonyl (C=O) groups excluding carboxylic acids is 2. The number of nitrogens with zero attached hydrogens (tertiary/aromatic N) is 3. The number of para-hydroxylation sites is 1. The highest BCUT2D eigenvalue weighted by Crippen LogP contribution is 2.48. The molecule has 2 heterocycles. The van der Waals surface area contributed by atoms with Gasteiger partial charge >= 0.3 is 0 Å². The highest BCUT2D eigenvalue weighted by atomic mass is 35.5. The van der Waals surface area contributed by atoms with Gasteiger partial charge in [0.1, 0.15) is 0 Å². The first-order chi connectivity index (χ1) is 21.6. The number of hydrogen-bond acceptors (Lipinski definition) is 6. The molecule has 2 aliphatic carbocycles. The average Bonchev–Trinajstić information content (AvgIpc) is 3.42. The highest BCUT2D eigenvalue weighted by molar-refractivity contribution is 6.33. The monoisotopic (exact) mass is 625 g/mol. The number of H-pyrrole nitrogens is 1. The van der Waals surface area contributed by atoms with Gasteiger partial charge in [-0.3, -0.25) is 9.59 Å². The minimum atomic E-state index is -0.337. The van der Waals surface area contributed by atoms with E-state index in [1.165, 1.54) is 6.08 Å². The van der Waals surface area contributed by atoms with Crippen LogP contribution in [0.1, 0.15) is 55.8 Å². The Morgan fingerprint density at radius 3 is 2.73 bits per heavy atom. The van der Waals surface area contributed by atoms with E-state index < -0.39 is 0 Å². The molecule has 2 saturated carbocycles. The molecule has 45 heavy (non-hydrogen) atoms. The molecule has 6 rings (SSSR count). The predicted molar refractivity (Wildman–Crippen MR) is 181 cm³/mol. The van der Waals surface area contributed by atoms with E-state index in [0.29, 0.717) is 40.4 Å². The molecular formula is C35H40ClN7O2. The summed E-state index contributed by atoms with van der Waals surface area (Å²) in [6.45, 7) is 2.89. The van der Waals surface area contributed by atoms with Crippen LogP contribution in [0.5, 0.6) is 0 Å². The summed E-state index contributed by atoms with van der Waals surface area (Å²) in [6.07, 6.45) is 12.7. The molecule has 2 aliphatic rings. The van der Waals surface area contributed by atoms with Crippen molar-refractivity contribution >= 4 is 46.0 Å². The molecule has 9 nitrogen and oxygen atoms in total. The zero-order chi connectivity index (χ0) is 31.6. The molecule has 4 N–H and O–H groups in total. The number of aromatic amines is 1. The van der Waals surface area contributed by atoms with Crippen LogP contribution in [0.3, 0.4) is 0 Å². The standard InChI is InChI=1S/C35H40ClN7O2/c1-34(42-33-38-21-28(36)31(40-33)27-20-37-29-10-5-4-9-26(27)29)18-23-8-6-16-35(19-23,22-34)41-32(45)24-12-14-25(15-13-24)39-30(44)11-7-17-43(2)3/h4-5,7,9-15,20-21,23,37H,6,8,16-19,22H2,1-3H3,(H,39,44)(H,41,45)(H,38,40,42)/b11-7+. The Labute approximate surface area is 268 Å². The summed E-state index contributed by atoms with van der Waals surface area (Å²) in [5, 5.41) is 11.5. The maximum Gasteiger partial charge on any atom is 0.251 e. The van der Waals surface area contributed by atoms with E-state index in [0.717, 1.165) is 55.0 Å². The van der Waals surface area contributed by atoms with Crippen LogP contribution in [0.2, 0.25) is 5.02 Å². The Balaban J connectivity index is 1.16. The van der Waals surface area contributed by atoms with E-state index in [9.17, 15) is 9.59 Å². The van der Waals surface area contributed by atoms with Crippen LogP contribution in [0, 0.1) is 5.92 Å². The van der Waals surface area contributed by atoms with E-state index in [1.54, 1.807) is 30.5 Å². The molecule has 2 fully saturated rings. The Hall–Kier alpha value is -4.21. The van der Waals surface area contributed by atoms with Crippen molar-refractivity contribution < 1.29 is 9.59 Å². The van der Waals surface area contributed by atoms with E-state index >= 15 is 0 Å². The summed E-state index contributed by atoms with van der Waals surface area (Å²) < 4.78 is 0. The number of rotatable bonds is 9. The number of benzene rings is 2. The van der Waals surface area contributed by atoms with Crippen LogP contribution in [0.15, 0.2) is 73.1 Å². The first-order valence-electron chi connectivity index (χ1n) is 15.5. The lowest BCUT2D eigenvalue weighted by Crippen LogP contribution is -2.61. The van der Waals surface area contributed by atoms with Gasteiger partial charge in [-0.25, -0.2) is 9.97 Å². The number of anilines is 2. The molecule has 234 valence electrons. The van der Waals surface area contributed by atoms with Crippen molar-refractivity contribution in [2.75, 3.05) is 31.3 Å². The zero-order valence-electron chi connectivity index (χ0n) is 26.0. The lowest BCUT2D eigenvalue weighted by molar-refractivity contribution is -0.111. The molecule has 0 spiro atoms. The Bertz CT molecular complexity index is 1730. The third-order valence-corrected chi connectivity index (χ3v) is 9.23. The summed E-state index contributed by atoms with van der Waals surface area (Å²) in [6, 6.07) is 15.1. The zero-order valence-corrected chi connectivity index (χ0v) is 26.7. The van der Waals surface area contributed by atoms with Gasteiger partial charge in [0.25, 0.3) is 5.91 Å². The van der Waals surface area contributed by atoms with Crippen molar-refractivity contribution in [2.24, 2.45) is 5.92 Å². The molecule has 4 aromatic rings. The van der Waals surface area contributed by atoms with Crippen molar-refractivity contribution in [3.8, 4) is 11.3 Å². The minimum Gasteiger partial charge on any atom is -0.360 e. The van der Waals surface area contributed by atoms with E-state index in [1.807, 2.05) is 49.5 Å². The summed E-state index contributed by atoms with van der Waals surface area (Å²) >= 11 is 6.61. The smallest absolute Gasteiger partial charge is 0.251 e. The lowest BCUT2D eigenvalue weighted by Gasteiger charge is -2.53. The number of nitrogens with one attached hydrogen (secondary N) is 4. The Morgan fingerprint density at radius 2 is 1.93 bits per heavy atom. The fourth-order valence-electron chi connectivity index (χ4n) is 7.26. The maximum atomic E-state index is 13.6. The average molecular weight is 626 g/mol. The van der Waals surface area contributed by atoms with Crippen molar-refractivity contribution in [1.29, 1.82) is 0 Å². The maximum absolute atomic E-state index is 13.6. The van der Waals surface area contributed by atoms with Crippen LogP contribution >= 0.6 is 11.6 Å². The first kappa shape index (κ1) is 30.8. The SMILES string of the molecule is CN(C)C/C=C/C(=O)Nc1ccc(C(=O)NC23CCCC(CC(C)(Nc4ncc(Cl)c(-c5c[nH]c6ccccc56)n4)C2)C3)cc1. The molecule has 10 heteroatoms. The van der Waals surface area contributed by atoms with Crippen molar-refractivity contribution in [2.45, 2.75) is 56.5 Å². The van der Waals surface area contributed by atoms with Gasteiger partial charge in [-0.1, -0.05) is 48.7 Å². The second kappa shape index (κ2) is 12.7. The van der Waals surface area contributed by atoms with Crippen molar-refractivity contribution in [3.05, 3.63) is 83.7 Å². The second-order valence-electron chi connectivity index (χ2n) is 13.1. The third kappa shape index (κ3) is 7.05. The number of amides is 2. The molecule has 0 saturated heterocycles. The number of likely N-dealkylation sites (N-methyl/N-ethyl adjacent to an activating group) is 1. The molecule has 0 aliphatic heterocycles. The van der Waals surface area contributed by atoms with Crippen molar-refractivity contribution in [1.82, 2.24) is 25.2 Å². The van der Waals surface area contributed by atoms with Crippen LogP contribution in [0.4, 0.5) is 11.6 Å². The largest absolute Gasteiger partial charge is 0.360 e. The summed E-state index contributed by atoms with van der Waals surface area (Å²) in [7, 11) is 3.89. The molecule has 2 aromatic heterocycles. The number of halogens is 1. The van der Waals surface area contributed by atoms with Crippen LogP contribution < -0.4 is 16.0 Å². The topological polar surface area (TPSA) is 115 Å². The van der Waals surface area contributed by atoms with Crippen molar-refractivity contribution in [3.63, 3.8) is 0 Å². The van der Waals surface area contributed by atoms with Gasteiger partial charge in [-0.15, -0.1) is 0 Å². The van der Waals surface area contributed by atoms with Gasteiger partial charge in [-0.2, -0.15) is 0 Å². The Morgan fingerprint density at radius 1 is 1.13 bits per heavy atom. The lowest BCUT2D eigenvalue weighted by atomic mass is 9.61. The number of fused-ring (bicyclic) bond motifs is 3. The third-order valence-electron chi connectivity index (χ3n) is 8.95. The van der Waals surface area contributed by atoms with Gasteiger partial charge in [0.2, 0.25) is 11.9 Å². The fraction of sp³-hybridized carbons (Fsp3) is 0.371. The Kier molecular flexibility index (Phi) is 8.66. The van der Waals surface area contributed by atoms with Gasteiger partial charge in [0.15, 0.2) is 0 Å². The normalized spacial score (nSPS) is 22.9. The molecule has 2 bridgehead atoms.